The highest BCUT2D eigenvalue weighted by atomic mass is 16.2. The molecule has 0 aliphatic carbocycles. The van der Waals surface area contributed by atoms with E-state index in [0.29, 0.717) is 13.0 Å². The highest BCUT2D eigenvalue weighted by molar-refractivity contribution is 5.75. The molecule has 0 aromatic rings. The molecule has 0 rings (SSSR count). The zero-order valence-electron chi connectivity index (χ0n) is 6.92. The maximum atomic E-state index is 10.9. The first-order valence-electron chi connectivity index (χ1n) is 3.57. The minimum absolute atomic E-state index is 0.0699. The van der Waals surface area contributed by atoms with Crippen LogP contribution in [0.15, 0.2) is 0 Å². The third-order valence-electron chi connectivity index (χ3n) is 1.29. The molecule has 0 heterocycles. The Morgan fingerprint density at radius 3 is 2.50 bits per heavy atom. The first kappa shape index (κ1) is 9.43. The van der Waals surface area contributed by atoms with Gasteiger partial charge in [0.1, 0.15) is 0 Å². The molecule has 0 aliphatic heterocycles. The summed E-state index contributed by atoms with van der Waals surface area (Å²) in [7, 11) is 1.77. The zero-order chi connectivity index (χ0) is 8.15. The Kier molecular flexibility index (Phi) is 4.03. The van der Waals surface area contributed by atoms with Gasteiger partial charge in [0, 0.05) is 26.1 Å². The van der Waals surface area contributed by atoms with Gasteiger partial charge in [-0.1, -0.05) is 6.92 Å². The lowest BCUT2D eigenvalue weighted by Gasteiger charge is -2.17. The fraction of sp³-hybridized carbons (Fsp3) is 0.857. The molecule has 0 aliphatic rings. The molecule has 0 fully saturated rings. The summed E-state index contributed by atoms with van der Waals surface area (Å²) in [4.78, 5) is 12.6. The van der Waals surface area contributed by atoms with Gasteiger partial charge >= 0.3 is 0 Å². The summed E-state index contributed by atoms with van der Waals surface area (Å²) >= 11 is 0. The molecule has 2 N–H and O–H groups in total. The monoisotopic (exact) mass is 144 g/mol. The summed E-state index contributed by atoms with van der Waals surface area (Å²) in [6, 6.07) is 0.0699. The summed E-state index contributed by atoms with van der Waals surface area (Å²) < 4.78 is 0. The van der Waals surface area contributed by atoms with E-state index in [9.17, 15) is 4.79 Å². The van der Waals surface area contributed by atoms with E-state index in [-0.39, 0.29) is 11.9 Å². The van der Waals surface area contributed by atoms with Gasteiger partial charge in [-0.2, -0.15) is 0 Å². The molecule has 10 heavy (non-hydrogen) atoms. The van der Waals surface area contributed by atoms with Gasteiger partial charge < -0.3 is 10.6 Å². The molecule has 1 amide bonds. The van der Waals surface area contributed by atoms with Crippen LogP contribution in [0.2, 0.25) is 0 Å². The van der Waals surface area contributed by atoms with Gasteiger partial charge in [-0.25, -0.2) is 0 Å². The lowest BCUT2D eigenvalue weighted by Crippen LogP contribution is -2.36. The molecular formula is C7H16N2O. The van der Waals surface area contributed by atoms with Crippen molar-refractivity contribution in [2.24, 2.45) is 5.73 Å². The molecule has 1 atom stereocenters. The average Bonchev–Trinajstić information content (AvgIpc) is 1.85. The molecule has 0 bridgehead atoms. The minimum Gasteiger partial charge on any atom is -0.344 e. The molecule has 60 valence electrons. The summed E-state index contributed by atoms with van der Waals surface area (Å²) in [5.74, 6) is 0.150. The van der Waals surface area contributed by atoms with Crippen LogP contribution in [0.5, 0.6) is 0 Å². The first-order valence-corrected chi connectivity index (χ1v) is 3.57. The van der Waals surface area contributed by atoms with Crippen molar-refractivity contribution in [1.29, 1.82) is 0 Å². The average molecular weight is 144 g/mol. The predicted octanol–water partition coefficient (Wildman–Crippen LogP) is 0.202. The third-order valence-corrected chi connectivity index (χ3v) is 1.29. The topological polar surface area (TPSA) is 46.3 Å². The number of nitrogens with zero attached hydrogens (tertiary/aromatic N) is 1. The van der Waals surface area contributed by atoms with Crippen molar-refractivity contribution >= 4 is 5.91 Å². The van der Waals surface area contributed by atoms with Crippen LogP contribution >= 0.6 is 0 Å². The Hall–Kier alpha value is -0.570. The SMILES string of the molecule is CCC(=O)N(C)CC(C)N. The number of carbonyl (C=O) groups is 1. The van der Waals surface area contributed by atoms with E-state index in [2.05, 4.69) is 0 Å². The molecule has 0 aromatic heterocycles. The molecule has 1 unspecified atom stereocenters. The van der Waals surface area contributed by atoms with Crippen molar-refractivity contribution in [3.05, 3.63) is 0 Å². The van der Waals surface area contributed by atoms with Crippen molar-refractivity contribution in [2.45, 2.75) is 26.3 Å². The summed E-state index contributed by atoms with van der Waals surface area (Å²) in [5, 5.41) is 0. The van der Waals surface area contributed by atoms with E-state index in [0.717, 1.165) is 0 Å². The Balaban J connectivity index is 3.61. The number of rotatable bonds is 3. The fourth-order valence-corrected chi connectivity index (χ4v) is 0.804. The highest BCUT2D eigenvalue weighted by Gasteiger charge is 2.06. The van der Waals surface area contributed by atoms with Crippen molar-refractivity contribution < 1.29 is 4.79 Å². The van der Waals surface area contributed by atoms with Crippen LogP contribution < -0.4 is 5.73 Å². The van der Waals surface area contributed by atoms with Gasteiger partial charge in [0.05, 0.1) is 0 Å². The van der Waals surface area contributed by atoms with Crippen molar-refractivity contribution in [3.63, 3.8) is 0 Å². The summed E-state index contributed by atoms with van der Waals surface area (Å²) in [5.41, 5.74) is 5.49. The van der Waals surface area contributed by atoms with E-state index in [1.807, 2.05) is 13.8 Å². The van der Waals surface area contributed by atoms with Crippen LogP contribution in [0.1, 0.15) is 20.3 Å². The van der Waals surface area contributed by atoms with Crippen LogP contribution in [0.25, 0.3) is 0 Å². The maximum absolute atomic E-state index is 10.9. The van der Waals surface area contributed by atoms with E-state index in [1.54, 1.807) is 11.9 Å². The fourth-order valence-electron chi connectivity index (χ4n) is 0.804. The van der Waals surface area contributed by atoms with E-state index in [4.69, 9.17) is 5.73 Å². The van der Waals surface area contributed by atoms with E-state index in [1.165, 1.54) is 0 Å². The standard InChI is InChI=1S/C7H16N2O/c1-4-7(10)9(3)5-6(2)8/h6H,4-5,8H2,1-3H3. The normalized spacial score (nSPS) is 12.8. The van der Waals surface area contributed by atoms with Crippen LogP contribution in [0.3, 0.4) is 0 Å². The molecule has 0 saturated carbocycles. The van der Waals surface area contributed by atoms with Gasteiger partial charge in [0.25, 0.3) is 0 Å². The number of carbonyl (C=O) groups excluding carboxylic acids is 1. The molecule has 3 heteroatoms. The number of hydrogen-bond donors (Lipinski definition) is 1. The van der Waals surface area contributed by atoms with Gasteiger partial charge in [0.2, 0.25) is 5.91 Å². The maximum Gasteiger partial charge on any atom is 0.222 e. The highest BCUT2D eigenvalue weighted by Crippen LogP contribution is 1.90. The van der Waals surface area contributed by atoms with Crippen LogP contribution in [-0.4, -0.2) is 30.4 Å². The Morgan fingerprint density at radius 2 is 2.20 bits per heavy atom. The van der Waals surface area contributed by atoms with Gasteiger partial charge in [0.15, 0.2) is 0 Å². The second kappa shape index (κ2) is 4.28. The van der Waals surface area contributed by atoms with Crippen LogP contribution in [0.4, 0.5) is 0 Å². The molecule has 3 nitrogen and oxygen atoms in total. The summed E-state index contributed by atoms with van der Waals surface area (Å²) in [6.07, 6.45) is 0.559. The van der Waals surface area contributed by atoms with E-state index >= 15 is 0 Å². The molecule has 0 radical (unpaired) electrons. The third kappa shape index (κ3) is 3.45. The Morgan fingerprint density at radius 1 is 1.70 bits per heavy atom. The van der Waals surface area contributed by atoms with Gasteiger partial charge in [-0.15, -0.1) is 0 Å². The van der Waals surface area contributed by atoms with Crippen LogP contribution in [0, 0.1) is 0 Å². The first-order chi connectivity index (χ1) is 4.57. The second-order valence-electron chi connectivity index (χ2n) is 2.61. The van der Waals surface area contributed by atoms with Crippen molar-refractivity contribution in [3.8, 4) is 0 Å². The summed E-state index contributed by atoms with van der Waals surface area (Å²) in [6.45, 7) is 4.38. The van der Waals surface area contributed by atoms with E-state index < -0.39 is 0 Å². The van der Waals surface area contributed by atoms with Crippen molar-refractivity contribution in [2.75, 3.05) is 13.6 Å². The number of likely N-dealkylation sites (N-methyl/N-ethyl adjacent to an activating group) is 1. The lowest BCUT2D eigenvalue weighted by atomic mass is 10.3. The largest absolute Gasteiger partial charge is 0.344 e. The quantitative estimate of drug-likeness (QED) is 0.615. The minimum atomic E-state index is 0.0699. The molecular weight excluding hydrogens is 128 g/mol. The molecule has 0 spiro atoms. The predicted molar refractivity (Wildman–Crippen MR) is 41.6 cm³/mol. The Labute approximate surface area is 62.2 Å². The second-order valence-corrected chi connectivity index (χ2v) is 2.61. The Bertz CT molecular complexity index is 112. The number of amides is 1. The van der Waals surface area contributed by atoms with Gasteiger partial charge in [-0.05, 0) is 6.92 Å². The number of hydrogen-bond acceptors (Lipinski definition) is 2. The van der Waals surface area contributed by atoms with Crippen LogP contribution in [-0.2, 0) is 4.79 Å². The lowest BCUT2D eigenvalue weighted by molar-refractivity contribution is -0.129. The molecule has 0 saturated heterocycles. The zero-order valence-corrected chi connectivity index (χ0v) is 6.92. The van der Waals surface area contributed by atoms with Gasteiger partial charge in [-0.3, -0.25) is 4.79 Å². The number of nitrogens with two attached hydrogens (primary N) is 1. The molecule has 0 aromatic carbocycles. The van der Waals surface area contributed by atoms with Crippen molar-refractivity contribution in [1.82, 2.24) is 4.90 Å². The smallest absolute Gasteiger partial charge is 0.222 e.